The molecule has 1 N–H and O–H groups in total. The normalized spacial score (nSPS) is 15.8. The lowest BCUT2D eigenvalue weighted by Gasteiger charge is -2.16. The van der Waals surface area contributed by atoms with Gasteiger partial charge in [0.05, 0.1) is 24.5 Å². The van der Waals surface area contributed by atoms with Crippen molar-refractivity contribution in [3.05, 3.63) is 48.7 Å². The van der Waals surface area contributed by atoms with Crippen LogP contribution in [0.3, 0.4) is 0 Å². The van der Waals surface area contributed by atoms with Crippen LogP contribution < -0.4 is 4.74 Å². The zero-order valence-electron chi connectivity index (χ0n) is 13.9. The molecule has 3 aromatic rings. The van der Waals surface area contributed by atoms with Gasteiger partial charge in [0.2, 0.25) is 0 Å². The topological polar surface area (TPSA) is 52.2 Å². The quantitative estimate of drug-likeness (QED) is 0.724. The zero-order valence-corrected chi connectivity index (χ0v) is 13.9. The van der Waals surface area contributed by atoms with Gasteiger partial charge >= 0.3 is 0 Å². The number of fused-ring (bicyclic) bond motifs is 1. The molecule has 2 aromatic heterocycles. The predicted molar refractivity (Wildman–Crippen MR) is 93.0 cm³/mol. The number of rotatable bonds is 7. The predicted octanol–water partition coefficient (Wildman–Crippen LogP) is 3.38. The van der Waals surface area contributed by atoms with Gasteiger partial charge in [0, 0.05) is 30.0 Å². The summed E-state index contributed by atoms with van der Waals surface area (Å²) in [5, 5.41) is 10.8. The SMILES string of the molecule is C[C@@H](COc1cccc2cc(CO)n(CC3CC3)c12)n1ccnc1. The molecule has 1 aliphatic carbocycles. The van der Waals surface area contributed by atoms with E-state index in [9.17, 15) is 5.11 Å². The Labute approximate surface area is 141 Å². The molecule has 1 aromatic carbocycles. The van der Waals surface area contributed by atoms with Gasteiger partial charge in [-0.25, -0.2) is 4.98 Å². The summed E-state index contributed by atoms with van der Waals surface area (Å²) < 4.78 is 10.4. The van der Waals surface area contributed by atoms with Crippen molar-refractivity contribution in [3.8, 4) is 5.75 Å². The Bertz CT molecular complexity index is 819. The van der Waals surface area contributed by atoms with Crippen LogP contribution in [0.4, 0.5) is 0 Å². The van der Waals surface area contributed by atoms with E-state index in [1.165, 1.54) is 12.8 Å². The van der Waals surface area contributed by atoms with Gasteiger partial charge in [-0.05, 0) is 37.8 Å². The summed E-state index contributed by atoms with van der Waals surface area (Å²) in [6.45, 7) is 3.73. The van der Waals surface area contributed by atoms with Gasteiger partial charge in [-0.3, -0.25) is 0 Å². The van der Waals surface area contributed by atoms with E-state index in [4.69, 9.17) is 4.74 Å². The standard InChI is InChI=1S/C19H23N3O2/c1-14(21-8-7-20-13-21)12-24-18-4-2-3-16-9-17(11-23)22(19(16)18)10-15-5-6-15/h2-4,7-9,13-15,23H,5-6,10-12H2,1H3/t14-/m0/s1. The molecule has 126 valence electrons. The summed E-state index contributed by atoms with van der Waals surface area (Å²) in [6, 6.07) is 8.41. The van der Waals surface area contributed by atoms with Gasteiger partial charge in [0.15, 0.2) is 0 Å². The minimum atomic E-state index is 0.0618. The minimum absolute atomic E-state index is 0.0618. The van der Waals surface area contributed by atoms with E-state index in [0.29, 0.717) is 6.61 Å². The number of hydrogen-bond donors (Lipinski definition) is 1. The molecule has 5 nitrogen and oxygen atoms in total. The van der Waals surface area contributed by atoms with Crippen LogP contribution in [0.25, 0.3) is 10.9 Å². The summed E-state index contributed by atoms with van der Waals surface area (Å²) >= 11 is 0. The molecule has 1 saturated carbocycles. The highest BCUT2D eigenvalue weighted by Gasteiger charge is 2.24. The number of benzene rings is 1. The maximum atomic E-state index is 9.71. The Morgan fingerprint density at radius 3 is 2.96 bits per heavy atom. The van der Waals surface area contributed by atoms with Crippen molar-refractivity contribution in [2.24, 2.45) is 5.92 Å². The van der Waals surface area contributed by atoms with Gasteiger partial charge < -0.3 is 19.0 Å². The number of aliphatic hydroxyl groups is 1. The Morgan fingerprint density at radius 1 is 1.38 bits per heavy atom. The molecule has 0 amide bonds. The number of aromatic nitrogens is 3. The van der Waals surface area contributed by atoms with Gasteiger partial charge in [-0.2, -0.15) is 0 Å². The van der Waals surface area contributed by atoms with Crippen LogP contribution >= 0.6 is 0 Å². The summed E-state index contributed by atoms with van der Waals surface area (Å²) in [6.07, 6.45) is 8.12. The Balaban J connectivity index is 1.63. The second-order valence-corrected chi connectivity index (χ2v) is 6.71. The summed E-state index contributed by atoms with van der Waals surface area (Å²) in [4.78, 5) is 4.09. The second kappa shape index (κ2) is 6.32. The molecule has 0 aliphatic heterocycles. The highest BCUT2D eigenvalue weighted by Crippen LogP contribution is 2.36. The fourth-order valence-corrected chi connectivity index (χ4v) is 3.19. The first-order valence-electron chi connectivity index (χ1n) is 8.58. The molecule has 5 heteroatoms. The third kappa shape index (κ3) is 2.91. The molecular weight excluding hydrogens is 302 g/mol. The van der Waals surface area contributed by atoms with Crippen LogP contribution in [-0.4, -0.2) is 25.8 Å². The average molecular weight is 325 g/mol. The molecule has 0 unspecified atom stereocenters. The van der Waals surface area contributed by atoms with Crippen molar-refractivity contribution < 1.29 is 9.84 Å². The summed E-state index contributed by atoms with van der Waals surface area (Å²) in [5.41, 5.74) is 2.07. The van der Waals surface area contributed by atoms with E-state index in [1.54, 1.807) is 6.20 Å². The molecule has 4 rings (SSSR count). The van der Waals surface area contributed by atoms with Crippen molar-refractivity contribution in [1.29, 1.82) is 0 Å². The van der Waals surface area contributed by atoms with Crippen LogP contribution in [0.15, 0.2) is 43.0 Å². The van der Waals surface area contributed by atoms with Crippen molar-refractivity contribution >= 4 is 10.9 Å². The van der Waals surface area contributed by atoms with E-state index in [1.807, 2.05) is 29.2 Å². The Hall–Kier alpha value is -2.27. The molecular formula is C19H23N3O2. The number of ether oxygens (including phenoxy) is 1. The highest BCUT2D eigenvalue weighted by molar-refractivity contribution is 5.87. The fraction of sp³-hybridized carbons (Fsp3) is 0.421. The number of aliphatic hydroxyl groups excluding tert-OH is 1. The van der Waals surface area contributed by atoms with E-state index in [0.717, 1.165) is 34.8 Å². The van der Waals surface area contributed by atoms with Crippen LogP contribution in [0.1, 0.15) is 31.5 Å². The van der Waals surface area contributed by atoms with Crippen LogP contribution in [0.5, 0.6) is 5.75 Å². The molecule has 2 heterocycles. The third-order valence-corrected chi connectivity index (χ3v) is 4.78. The van der Waals surface area contributed by atoms with Crippen molar-refractivity contribution in [3.63, 3.8) is 0 Å². The lowest BCUT2D eigenvalue weighted by Crippen LogP contribution is -2.13. The van der Waals surface area contributed by atoms with Gasteiger partial charge in [-0.1, -0.05) is 12.1 Å². The van der Waals surface area contributed by atoms with E-state index >= 15 is 0 Å². The van der Waals surface area contributed by atoms with Crippen molar-refractivity contribution in [1.82, 2.24) is 14.1 Å². The number of imidazole rings is 1. The molecule has 1 aliphatic rings. The third-order valence-electron chi connectivity index (χ3n) is 4.78. The molecule has 1 atom stereocenters. The van der Waals surface area contributed by atoms with E-state index in [-0.39, 0.29) is 12.6 Å². The Kier molecular flexibility index (Phi) is 4.02. The van der Waals surface area contributed by atoms with Crippen molar-refractivity contribution in [2.75, 3.05) is 6.61 Å². The molecule has 1 fully saturated rings. The lowest BCUT2D eigenvalue weighted by molar-refractivity contribution is 0.260. The smallest absolute Gasteiger partial charge is 0.143 e. The van der Waals surface area contributed by atoms with Crippen LogP contribution in [0.2, 0.25) is 0 Å². The van der Waals surface area contributed by atoms with Gasteiger partial charge in [-0.15, -0.1) is 0 Å². The fourth-order valence-electron chi connectivity index (χ4n) is 3.19. The number of nitrogens with zero attached hydrogens (tertiary/aromatic N) is 3. The zero-order chi connectivity index (χ0) is 16.5. The van der Waals surface area contributed by atoms with Gasteiger partial charge in [0.25, 0.3) is 0 Å². The first kappa shape index (κ1) is 15.3. The monoisotopic (exact) mass is 325 g/mol. The van der Waals surface area contributed by atoms with E-state index in [2.05, 4.69) is 28.6 Å². The first-order valence-corrected chi connectivity index (χ1v) is 8.58. The first-order chi connectivity index (χ1) is 11.8. The minimum Gasteiger partial charge on any atom is -0.489 e. The molecule has 24 heavy (non-hydrogen) atoms. The van der Waals surface area contributed by atoms with E-state index < -0.39 is 0 Å². The average Bonchev–Trinajstić information content (AvgIpc) is 3.11. The number of para-hydroxylation sites is 1. The van der Waals surface area contributed by atoms with Gasteiger partial charge in [0.1, 0.15) is 12.4 Å². The molecule has 0 spiro atoms. The highest BCUT2D eigenvalue weighted by atomic mass is 16.5. The summed E-state index contributed by atoms with van der Waals surface area (Å²) in [5.74, 6) is 1.63. The molecule has 0 saturated heterocycles. The molecule has 0 bridgehead atoms. The molecule has 0 radical (unpaired) electrons. The second-order valence-electron chi connectivity index (χ2n) is 6.71. The van der Waals surface area contributed by atoms with Crippen LogP contribution in [0, 0.1) is 5.92 Å². The number of hydrogen-bond acceptors (Lipinski definition) is 3. The maximum Gasteiger partial charge on any atom is 0.143 e. The summed E-state index contributed by atoms with van der Waals surface area (Å²) in [7, 11) is 0. The largest absolute Gasteiger partial charge is 0.489 e. The maximum absolute atomic E-state index is 9.71. The van der Waals surface area contributed by atoms with Crippen molar-refractivity contribution in [2.45, 2.75) is 39.0 Å². The lowest BCUT2D eigenvalue weighted by atomic mass is 10.2. The van der Waals surface area contributed by atoms with Crippen LogP contribution in [-0.2, 0) is 13.2 Å². The Morgan fingerprint density at radius 2 is 2.25 bits per heavy atom.